The second kappa shape index (κ2) is 4.67. The first-order valence-electron chi connectivity index (χ1n) is 5.88. The molecule has 1 aliphatic heterocycles. The van der Waals surface area contributed by atoms with Crippen molar-refractivity contribution < 1.29 is 4.74 Å². The molecule has 1 N–H and O–H groups in total. The van der Waals surface area contributed by atoms with Crippen LogP contribution in [-0.4, -0.2) is 19.2 Å². The lowest BCUT2D eigenvalue weighted by atomic mass is 10.1. The van der Waals surface area contributed by atoms with Crippen molar-refractivity contribution in [1.82, 2.24) is 5.32 Å². The fraction of sp³-hybridized carbons (Fsp3) is 0.286. The van der Waals surface area contributed by atoms with Crippen LogP contribution in [0.4, 0.5) is 0 Å². The maximum absolute atomic E-state index is 5.94. The molecule has 88 valence electrons. The Hall–Kier alpha value is -1.06. The Morgan fingerprint density at radius 2 is 1.94 bits per heavy atom. The molecular formula is C14H14BrNO. The summed E-state index contributed by atoms with van der Waals surface area (Å²) in [6.07, 6.45) is 1.42. The van der Waals surface area contributed by atoms with Crippen molar-refractivity contribution >= 4 is 26.7 Å². The molecule has 1 aliphatic rings. The third-order valence-electron chi connectivity index (χ3n) is 3.09. The van der Waals surface area contributed by atoms with Gasteiger partial charge < -0.3 is 10.1 Å². The molecule has 2 aromatic rings. The van der Waals surface area contributed by atoms with Gasteiger partial charge >= 0.3 is 0 Å². The largest absolute Gasteiger partial charge is 0.489 e. The smallest absolute Gasteiger partial charge is 0.120 e. The third-order valence-corrected chi connectivity index (χ3v) is 3.58. The third kappa shape index (κ3) is 2.45. The summed E-state index contributed by atoms with van der Waals surface area (Å²) in [7, 11) is 0. The molecule has 1 heterocycles. The van der Waals surface area contributed by atoms with Crippen LogP contribution in [0.3, 0.4) is 0 Å². The highest BCUT2D eigenvalue weighted by Gasteiger charge is 2.15. The molecular weight excluding hydrogens is 278 g/mol. The van der Waals surface area contributed by atoms with Crippen LogP contribution in [0.5, 0.6) is 5.75 Å². The van der Waals surface area contributed by atoms with Gasteiger partial charge in [0.05, 0.1) is 0 Å². The maximum Gasteiger partial charge on any atom is 0.120 e. The van der Waals surface area contributed by atoms with Crippen molar-refractivity contribution in [2.24, 2.45) is 0 Å². The van der Waals surface area contributed by atoms with Crippen molar-refractivity contribution in [2.75, 3.05) is 13.1 Å². The second-order valence-electron chi connectivity index (χ2n) is 4.39. The average molecular weight is 292 g/mol. The van der Waals surface area contributed by atoms with E-state index in [1.165, 1.54) is 10.8 Å². The zero-order valence-corrected chi connectivity index (χ0v) is 11.0. The van der Waals surface area contributed by atoms with E-state index in [-0.39, 0.29) is 0 Å². The summed E-state index contributed by atoms with van der Waals surface area (Å²) in [4.78, 5) is 0. The SMILES string of the molecule is Brc1ccc2cc(O[C@H]3CCNC3)ccc2c1. The van der Waals surface area contributed by atoms with Crippen LogP contribution in [-0.2, 0) is 0 Å². The zero-order valence-electron chi connectivity index (χ0n) is 9.45. The Bertz CT molecular complexity index is 535. The summed E-state index contributed by atoms with van der Waals surface area (Å²) in [5.41, 5.74) is 0. The molecule has 3 rings (SSSR count). The fourth-order valence-corrected chi connectivity index (χ4v) is 2.57. The maximum atomic E-state index is 5.94. The van der Waals surface area contributed by atoms with Crippen molar-refractivity contribution in [3.05, 3.63) is 40.9 Å². The van der Waals surface area contributed by atoms with Crippen LogP contribution >= 0.6 is 15.9 Å². The first kappa shape index (κ1) is 11.1. The van der Waals surface area contributed by atoms with Gasteiger partial charge in [0.25, 0.3) is 0 Å². The van der Waals surface area contributed by atoms with E-state index < -0.39 is 0 Å². The average Bonchev–Trinajstić information content (AvgIpc) is 2.82. The first-order valence-corrected chi connectivity index (χ1v) is 6.67. The minimum Gasteiger partial charge on any atom is -0.489 e. The Labute approximate surface area is 109 Å². The molecule has 0 saturated carbocycles. The number of halogens is 1. The van der Waals surface area contributed by atoms with Crippen molar-refractivity contribution in [1.29, 1.82) is 0 Å². The number of rotatable bonds is 2. The molecule has 0 unspecified atom stereocenters. The van der Waals surface area contributed by atoms with Crippen LogP contribution in [0.25, 0.3) is 10.8 Å². The molecule has 17 heavy (non-hydrogen) atoms. The number of fused-ring (bicyclic) bond motifs is 1. The molecule has 2 nitrogen and oxygen atoms in total. The zero-order chi connectivity index (χ0) is 11.7. The summed E-state index contributed by atoms with van der Waals surface area (Å²) >= 11 is 3.48. The van der Waals surface area contributed by atoms with Gasteiger partial charge in [0.15, 0.2) is 0 Å². The monoisotopic (exact) mass is 291 g/mol. The van der Waals surface area contributed by atoms with Crippen LogP contribution < -0.4 is 10.1 Å². The standard InChI is InChI=1S/C14H14BrNO/c15-12-3-1-11-8-13(4-2-10(11)7-12)17-14-5-6-16-9-14/h1-4,7-8,14,16H,5-6,9H2/t14-/m0/s1. The minimum absolute atomic E-state index is 0.322. The molecule has 3 heteroatoms. The predicted molar refractivity (Wildman–Crippen MR) is 73.6 cm³/mol. The highest BCUT2D eigenvalue weighted by molar-refractivity contribution is 9.10. The van der Waals surface area contributed by atoms with Crippen molar-refractivity contribution in [3.8, 4) is 5.75 Å². The predicted octanol–water partition coefficient (Wildman–Crippen LogP) is 3.34. The molecule has 1 atom stereocenters. The van der Waals surface area contributed by atoms with E-state index in [2.05, 4.69) is 51.6 Å². The van der Waals surface area contributed by atoms with Gasteiger partial charge in [0, 0.05) is 11.0 Å². The molecule has 0 amide bonds. The normalized spacial score (nSPS) is 19.7. The topological polar surface area (TPSA) is 21.3 Å². The number of benzene rings is 2. The van der Waals surface area contributed by atoms with Crippen LogP contribution in [0.15, 0.2) is 40.9 Å². The molecule has 0 aliphatic carbocycles. The summed E-state index contributed by atoms with van der Waals surface area (Å²) in [5, 5.41) is 5.76. The Morgan fingerprint density at radius 1 is 1.12 bits per heavy atom. The number of hydrogen-bond donors (Lipinski definition) is 1. The molecule has 1 fully saturated rings. The Morgan fingerprint density at radius 3 is 2.76 bits per heavy atom. The number of ether oxygens (including phenoxy) is 1. The molecule has 0 bridgehead atoms. The lowest BCUT2D eigenvalue weighted by Crippen LogP contribution is -2.19. The van der Waals surface area contributed by atoms with E-state index in [0.717, 1.165) is 29.7 Å². The number of hydrogen-bond acceptors (Lipinski definition) is 2. The van der Waals surface area contributed by atoms with Crippen molar-refractivity contribution in [2.45, 2.75) is 12.5 Å². The lowest BCUT2D eigenvalue weighted by Gasteiger charge is -2.13. The van der Waals surface area contributed by atoms with E-state index in [1.54, 1.807) is 0 Å². The van der Waals surface area contributed by atoms with Gasteiger partial charge in [-0.05, 0) is 48.0 Å². The van der Waals surface area contributed by atoms with Gasteiger partial charge in [0.1, 0.15) is 11.9 Å². The van der Waals surface area contributed by atoms with E-state index in [1.807, 2.05) is 6.07 Å². The second-order valence-corrected chi connectivity index (χ2v) is 5.30. The van der Waals surface area contributed by atoms with Crippen LogP contribution in [0.2, 0.25) is 0 Å². The van der Waals surface area contributed by atoms with Gasteiger partial charge in [-0.3, -0.25) is 0 Å². The van der Waals surface area contributed by atoms with Gasteiger partial charge in [0.2, 0.25) is 0 Å². The minimum atomic E-state index is 0.322. The van der Waals surface area contributed by atoms with Crippen LogP contribution in [0.1, 0.15) is 6.42 Å². The summed E-state index contributed by atoms with van der Waals surface area (Å²) in [6.45, 7) is 2.02. The fourth-order valence-electron chi connectivity index (χ4n) is 2.19. The van der Waals surface area contributed by atoms with E-state index in [0.29, 0.717) is 6.10 Å². The molecule has 0 aromatic heterocycles. The summed E-state index contributed by atoms with van der Waals surface area (Å²) < 4.78 is 7.05. The summed E-state index contributed by atoms with van der Waals surface area (Å²) in [6, 6.07) is 12.6. The molecule has 2 aromatic carbocycles. The lowest BCUT2D eigenvalue weighted by molar-refractivity contribution is 0.223. The Balaban J connectivity index is 1.88. The van der Waals surface area contributed by atoms with Gasteiger partial charge in [-0.15, -0.1) is 0 Å². The highest BCUT2D eigenvalue weighted by Crippen LogP contribution is 2.25. The highest BCUT2D eigenvalue weighted by atomic mass is 79.9. The molecule has 0 spiro atoms. The number of nitrogens with one attached hydrogen (secondary N) is 1. The van der Waals surface area contributed by atoms with Crippen LogP contribution in [0, 0.1) is 0 Å². The van der Waals surface area contributed by atoms with Gasteiger partial charge in [-0.1, -0.05) is 28.1 Å². The van der Waals surface area contributed by atoms with Gasteiger partial charge in [-0.25, -0.2) is 0 Å². The van der Waals surface area contributed by atoms with E-state index >= 15 is 0 Å². The van der Waals surface area contributed by atoms with Gasteiger partial charge in [-0.2, -0.15) is 0 Å². The van der Waals surface area contributed by atoms with Crippen molar-refractivity contribution in [3.63, 3.8) is 0 Å². The van der Waals surface area contributed by atoms with E-state index in [4.69, 9.17) is 4.74 Å². The van der Waals surface area contributed by atoms with E-state index in [9.17, 15) is 0 Å². The molecule has 0 radical (unpaired) electrons. The summed E-state index contributed by atoms with van der Waals surface area (Å²) in [5.74, 6) is 0.966. The Kier molecular flexibility index (Phi) is 3.04. The quantitative estimate of drug-likeness (QED) is 0.916. The molecule has 1 saturated heterocycles. The first-order chi connectivity index (χ1) is 8.31.